The van der Waals surface area contributed by atoms with Crippen LogP contribution >= 0.6 is 0 Å². The standard InChI is InChI=1S/C77H60N6/c1-45-46(2)61-43-66-65-40-52(51-29-33-71-64(39-51)58-23-12-14-25-69(58)82(71)55-19-9-6-10-20-55)30-34-72(65)83(56-21-15-35-78-44-56)77(66)74-48(4)47(3)60-42-53(41-59(45)75(60)76(61)74)62-37-49(27-31-67(62)80-73-26-16-36-79-73)50-28-32-70-63(38-50)57-22-11-13-24-68(57)81(70)54-17-7-5-8-18-54/h5-48,58,69,79-80H,1-4H3. The van der Waals surface area contributed by atoms with Crippen LogP contribution in [0.2, 0.25) is 0 Å². The first-order chi connectivity index (χ1) is 40.8. The van der Waals surface area contributed by atoms with E-state index in [0.717, 1.165) is 22.9 Å². The minimum Gasteiger partial charge on any atom is -0.348 e. The number of hydrogen-bond donors (Lipinski definition) is 2. The number of aromatic amines is 1. The Hall–Kier alpha value is -9.91. The number of anilines is 4. The Labute approximate surface area is 483 Å². The van der Waals surface area contributed by atoms with Crippen molar-refractivity contribution in [3.63, 3.8) is 0 Å². The monoisotopic (exact) mass is 1070 g/mol. The molecule has 1 aliphatic heterocycles. The molecule has 6 atom stereocenters. The summed E-state index contributed by atoms with van der Waals surface area (Å²) in [5, 5.41) is 8.91. The van der Waals surface area contributed by atoms with E-state index < -0.39 is 0 Å². The van der Waals surface area contributed by atoms with Crippen LogP contribution in [0.15, 0.2) is 243 Å². The molecule has 0 amide bonds. The number of nitrogens with one attached hydrogen (secondary N) is 2. The molecule has 4 aliphatic rings. The quantitative estimate of drug-likeness (QED) is 0.159. The Morgan fingerprint density at radius 1 is 0.446 bits per heavy atom. The van der Waals surface area contributed by atoms with Crippen molar-refractivity contribution < 1.29 is 0 Å². The second kappa shape index (κ2) is 18.3. The fourth-order valence-corrected chi connectivity index (χ4v) is 15.2. The molecule has 83 heavy (non-hydrogen) atoms. The van der Waals surface area contributed by atoms with E-state index in [1.54, 1.807) is 0 Å². The second-order valence-corrected chi connectivity index (χ2v) is 23.8. The van der Waals surface area contributed by atoms with E-state index in [0.29, 0.717) is 0 Å². The van der Waals surface area contributed by atoms with Gasteiger partial charge in [-0.15, -0.1) is 0 Å². The molecule has 0 saturated carbocycles. The van der Waals surface area contributed by atoms with Gasteiger partial charge in [0.1, 0.15) is 5.82 Å². The predicted octanol–water partition coefficient (Wildman–Crippen LogP) is 20.2. The number of para-hydroxylation sites is 3. The number of pyridine rings is 1. The van der Waals surface area contributed by atoms with Crippen LogP contribution in [-0.2, 0) is 0 Å². The van der Waals surface area contributed by atoms with Crippen LogP contribution in [0.5, 0.6) is 0 Å². The average molecular weight is 1070 g/mol. The summed E-state index contributed by atoms with van der Waals surface area (Å²) in [7, 11) is 0. The molecule has 0 spiro atoms. The summed E-state index contributed by atoms with van der Waals surface area (Å²) in [4.78, 5) is 10.7. The first-order valence-electron chi connectivity index (χ1n) is 29.6. The molecular formula is C77H60N6. The van der Waals surface area contributed by atoms with Crippen LogP contribution in [0, 0.1) is 0 Å². The predicted molar refractivity (Wildman–Crippen MR) is 346 cm³/mol. The zero-order valence-corrected chi connectivity index (χ0v) is 46.8. The number of fused-ring (bicyclic) bond motifs is 10. The van der Waals surface area contributed by atoms with Crippen molar-refractivity contribution in [1.29, 1.82) is 0 Å². The lowest BCUT2D eigenvalue weighted by Gasteiger charge is -2.42. The third kappa shape index (κ3) is 7.12. The molecule has 17 rings (SSSR count). The van der Waals surface area contributed by atoms with Gasteiger partial charge in [0.2, 0.25) is 0 Å². The Morgan fingerprint density at radius 3 is 1.81 bits per heavy atom. The first kappa shape index (κ1) is 47.9. The maximum absolute atomic E-state index is 4.75. The summed E-state index contributed by atoms with van der Waals surface area (Å²) in [5.41, 5.74) is 28.0. The molecule has 0 fully saturated rings. The molecule has 13 aromatic rings. The van der Waals surface area contributed by atoms with Gasteiger partial charge < -0.3 is 24.3 Å². The van der Waals surface area contributed by atoms with Gasteiger partial charge in [-0.1, -0.05) is 143 Å². The topological polar surface area (TPSA) is 53.8 Å². The van der Waals surface area contributed by atoms with Crippen molar-refractivity contribution in [3.8, 4) is 55.9 Å². The molecule has 6 unspecified atom stereocenters. The van der Waals surface area contributed by atoms with Crippen LogP contribution in [0.4, 0.5) is 22.9 Å². The zero-order valence-electron chi connectivity index (χ0n) is 46.8. The van der Waals surface area contributed by atoms with Gasteiger partial charge in [0.25, 0.3) is 0 Å². The van der Waals surface area contributed by atoms with Gasteiger partial charge in [0.05, 0.1) is 40.0 Å². The number of H-pyrrole nitrogens is 1. The number of benzene rings is 9. The molecule has 398 valence electrons. The van der Waals surface area contributed by atoms with Crippen LogP contribution in [0.25, 0.3) is 99.5 Å². The Balaban J connectivity index is 0.836. The minimum absolute atomic E-state index is 0.213. The maximum Gasteiger partial charge on any atom is 0.107 e. The highest BCUT2D eigenvalue weighted by molar-refractivity contribution is 6.15. The molecule has 9 aromatic carbocycles. The van der Waals surface area contributed by atoms with E-state index in [2.05, 4.69) is 277 Å². The van der Waals surface area contributed by atoms with Crippen molar-refractivity contribution in [1.82, 2.24) is 19.1 Å². The number of hydrogen-bond acceptors (Lipinski definition) is 3. The lowest BCUT2D eigenvalue weighted by atomic mass is 9.62. The van der Waals surface area contributed by atoms with Crippen molar-refractivity contribution in [2.75, 3.05) is 10.2 Å². The normalized spacial score (nSPS) is 19.2. The lowest BCUT2D eigenvalue weighted by Crippen LogP contribution is -2.28. The first-order valence-corrected chi connectivity index (χ1v) is 29.6. The molecule has 2 N–H and O–H groups in total. The molecule has 3 aliphatic carbocycles. The van der Waals surface area contributed by atoms with Gasteiger partial charge in [-0.2, -0.15) is 0 Å². The Morgan fingerprint density at radius 2 is 1.06 bits per heavy atom. The zero-order chi connectivity index (χ0) is 55.2. The van der Waals surface area contributed by atoms with Gasteiger partial charge in [0, 0.05) is 68.2 Å². The summed E-state index contributed by atoms with van der Waals surface area (Å²) in [6.07, 6.45) is 15.1. The highest BCUT2D eigenvalue weighted by atomic mass is 15.2. The van der Waals surface area contributed by atoms with Crippen molar-refractivity contribution in [2.24, 2.45) is 0 Å². The van der Waals surface area contributed by atoms with Crippen LogP contribution in [-0.4, -0.2) is 25.1 Å². The van der Waals surface area contributed by atoms with Gasteiger partial charge in [0.15, 0.2) is 0 Å². The fraction of sp³-hybridized carbons (Fsp3) is 0.130. The lowest BCUT2D eigenvalue weighted by molar-refractivity contribution is 0.582. The van der Waals surface area contributed by atoms with E-state index >= 15 is 0 Å². The molecule has 0 saturated heterocycles. The largest absolute Gasteiger partial charge is 0.348 e. The van der Waals surface area contributed by atoms with Crippen LogP contribution in [0.1, 0.15) is 85.1 Å². The van der Waals surface area contributed by atoms with Gasteiger partial charge in [-0.3, -0.25) is 4.98 Å². The summed E-state index contributed by atoms with van der Waals surface area (Å²) >= 11 is 0. The fourth-order valence-electron chi connectivity index (χ4n) is 15.2. The van der Waals surface area contributed by atoms with Crippen molar-refractivity contribution in [3.05, 3.63) is 271 Å². The second-order valence-electron chi connectivity index (χ2n) is 23.8. The molecule has 5 heterocycles. The molecule has 4 aromatic heterocycles. The van der Waals surface area contributed by atoms with Crippen molar-refractivity contribution in [2.45, 2.75) is 63.3 Å². The Bertz CT molecular complexity index is 4830. The van der Waals surface area contributed by atoms with Crippen molar-refractivity contribution >= 4 is 66.5 Å². The van der Waals surface area contributed by atoms with E-state index in [4.69, 9.17) is 4.98 Å². The maximum atomic E-state index is 4.75. The van der Waals surface area contributed by atoms with E-state index in [1.807, 2.05) is 18.6 Å². The molecule has 0 radical (unpaired) electrons. The van der Waals surface area contributed by atoms with Gasteiger partial charge in [-0.25, -0.2) is 0 Å². The summed E-state index contributed by atoms with van der Waals surface area (Å²) < 4.78 is 4.93. The number of allylic oxidation sites excluding steroid dienone is 2. The van der Waals surface area contributed by atoms with E-state index in [-0.39, 0.29) is 35.6 Å². The van der Waals surface area contributed by atoms with Gasteiger partial charge >= 0.3 is 0 Å². The van der Waals surface area contributed by atoms with Crippen LogP contribution < -0.4 is 10.2 Å². The third-order valence-electron chi connectivity index (χ3n) is 19.5. The highest BCUT2D eigenvalue weighted by Gasteiger charge is 2.42. The molecule has 6 heteroatoms. The summed E-state index contributed by atoms with van der Waals surface area (Å²) in [5.74, 6) is 2.22. The smallest absolute Gasteiger partial charge is 0.107 e. The summed E-state index contributed by atoms with van der Waals surface area (Å²) in [6, 6.07) is 75.2. The summed E-state index contributed by atoms with van der Waals surface area (Å²) in [6.45, 7) is 9.92. The number of rotatable bonds is 8. The number of aromatic nitrogens is 4. The minimum atomic E-state index is 0.213. The number of nitrogens with zero attached hydrogens (tertiary/aromatic N) is 4. The Kier molecular flexibility index (Phi) is 10.6. The van der Waals surface area contributed by atoms with E-state index in [1.165, 1.54) is 127 Å². The average Bonchev–Trinajstić information content (AvgIpc) is 2.10. The van der Waals surface area contributed by atoms with Gasteiger partial charge in [-0.05, 0) is 200 Å². The van der Waals surface area contributed by atoms with Crippen LogP contribution in [0.3, 0.4) is 0 Å². The van der Waals surface area contributed by atoms with E-state index in [9.17, 15) is 0 Å². The molecule has 0 bridgehead atoms. The molecular weight excluding hydrogens is 1010 g/mol. The molecule has 6 nitrogen and oxygen atoms in total. The SMILES string of the molecule is CC1c2cc(-c3cc(-c4ccc5c(c4)c4ccccc4n5-c4ccccc4)ccc3Nc3ccc[nH]3)cc3c2-c2c(cc4c5cc(-c6ccc7c(c6)C6C=CC=CC6N7c6ccccc6)ccc5n(-c5cccnc5)c4c2C(C)C3C)C1C. The third-order valence-corrected chi connectivity index (χ3v) is 19.5. The highest BCUT2D eigenvalue weighted by Crippen LogP contribution is 2.61.